The summed E-state index contributed by atoms with van der Waals surface area (Å²) in [5.74, 6) is 2.55. The predicted octanol–water partition coefficient (Wildman–Crippen LogP) is 5.09. The second-order valence-electron chi connectivity index (χ2n) is 8.08. The van der Waals surface area contributed by atoms with Gasteiger partial charge in [0.25, 0.3) is 5.91 Å². The minimum Gasteiger partial charge on any atom is -0.495 e. The fourth-order valence-corrected chi connectivity index (χ4v) is 5.08. The number of rotatable bonds is 12. The number of thiazole rings is 1. The molecule has 4 aromatic rings. The van der Waals surface area contributed by atoms with Crippen molar-refractivity contribution in [1.82, 2.24) is 14.5 Å². The number of halogens is 1. The highest BCUT2D eigenvalue weighted by atomic mass is 35.5. The molecule has 0 spiro atoms. The van der Waals surface area contributed by atoms with Gasteiger partial charge in [-0.1, -0.05) is 11.3 Å². The van der Waals surface area contributed by atoms with Crippen LogP contribution in [0.4, 0.5) is 5.13 Å². The zero-order valence-electron chi connectivity index (χ0n) is 22.4. The van der Waals surface area contributed by atoms with Gasteiger partial charge in [0.15, 0.2) is 16.6 Å². The third-order valence-electron chi connectivity index (χ3n) is 5.86. The molecule has 0 fully saturated rings. The Hall–Kier alpha value is -3.96. The average Bonchev–Trinajstić information content (AvgIpc) is 3.63. The summed E-state index contributed by atoms with van der Waals surface area (Å²) in [5.41, 5.74) is 1.37. The highest BCUT2D eigenvalue weighted by Gasteiger charge is 2.21. The van der Waals surface area contributed by atoms with Crippen LogP contribution >= 0.6 is 23.7 Å². The van der Waals surface area contributed by atoms with E-state index in [-0.39, 0.29) is 18.3 Å². The second kappa shape index (κ2) is 13.7. The van der Waals surface area contributed by atoms with E-state index in [4.69, 9.17) is 28.7 Å². The quantitative estimate of drug-likeness (QED) is 0.216. The molecule has 0 atom stereocenters. The molecule has 10 nitrogen and oxygen atoms in total. The number of fused-ring (bicyclic) bond motifs is 1. The highest BCUT2D eigenvalue weighted by molar-refractivity contribution is 7.22. The third-order valence-corrected chi connectivity index (χ3v) is 6.95. The van der Waals surface area contributed by atoms with Crippen LogP contribution in [0, 0.1) is 0 Å². The fraction of sp³-hybridized carbons (Fsp3) is 0.296. The number of methoxy groups -OCH3 is 5. The average molecular weight is 575 g/mol. The molecule has 0 aliphatic carbocycles. The number of carbonyl (C=O) groups excluding carboxylic acids is 1. The van der Waals surface area contributed by atoms with Gasteiger partial charge in [-0.25, -0.2) is 9.97 Å². The molecule has 208 valence electrons. The molecule has 0 saturated carbocycles. The van der Waals surface area contributed by atoms with Crippen LogP contribution in [-0.4, -0.2) is 62.5 Å². The van der Waals surface area contributed by atoms with Gasteiger partial charge in [0.2, 0.25) is 5.75 Å². The van der Waals surface area contributed by atoms with Gasteiger partial charge in [0.1, 0.15) is 21.7 Å². The first-order valence-corrected chi connectivity index (χ1v) is 12.6. The van der Waals surface area contributed by atoms with Gasteiger partial charge < -0.3 is 28.3 Å². The van der Waals surface area contributed by atoms with Crippen LogP contribution in [0.5, 0.6) is 28.7 Å². The van der Waals surface area contributed by atoms with Crippen LogP contribution in [0.25, 0.3) is 16.3 Å². The van der Waals surface area contributed by atoms with E-state index in [0.717, 1.165) is 10.3 Å². The number of aromatic nitrogens is 3. The summed E-state index contributed by atoms with van der Waals surface area (Å²) in [5, 5.41) is 0.549. The number of hydrogen-bond donors (Lipinski definition) is 0. The normalized spacial score (nSPS) is 10.8. The number of hydrogen-bond acceptors (Lipinski definition) is 9. The van der Waals surface area contributed by atoms with E-state index in [1.165, 1.54) is 17.4 Å². The second-order valence-corrected chi connectivity index (χ2v) is 9.06. The van der Waals surface area contributed by atoms with Gasteiger partial charge in [-0.15, -0.1) is 12.4 Å². The summed E-state index contributed by atoms with van der Waals surface area (Å²) in [6.45, 7) is 1.15. The molecule has 2 aromatic carbocycles. The Bertz CT molecular complexity index is 1360. The van der Waals surface area contributed by atoms with Crippen molar-refractivity contribution in [2.75, 3.05) is 47.0 Å². The molecule has 12 heteroatoms. The SMILES string of the molecule is COc1cc(/C=C/C(=O)N(CCCn2ccnc2)c2nc3c(OC)ccc(OC)c3s2)cc(OC)c1OC.Cl. The minimum atomic E-state index is -0.221. The Morgan fingerprint density at radius 1 is 0.974 bits per heavy atom. The lowest BCUT2D eigenvalue weighted by atomic mass is 10.1. The summed E-state index contributed by atoms with van der Waals surface area (Å²) >= 11 is 1.38. The smallest absolute Gasteiger partial charge is 0.252 e. The first-order valence-electron chi connectivity index (χ1n) is 11.8. The Kier molecular flexibility index (Phi) is 10.4. The Morgan fingerprint density at radius 2 is 1.64 bits per heavy atom. The molecule has 1 amide bonds. The van der Waals surface area contributed by atoms with Crippen LogP contribution in [0.2, 0.25) is 0 Å². The van der Waals surface area contributed by atoms with Gasteiger partial charge in [-0.2, -0.15) is 0 Å². The van der Waals surface area contributed by atoms with Crippen molar-refractivity contribution < 1.29 is 28.5 Å². The first kappa shape index (κ1) is 29.6. The van der Waals surface area contributed by atoms with Crippen molar-refractivity contribution in [3.63, 3.8) is 0 Å². The molecule has 0 aliphatic heterocycles. The van der Waals surface area contributed by atoms with Crippen molar-refractivity contribution in [2.24, 2.45) is 0 Å². The number of carbonyl (C=O) groups is 1. The summed E-state index contributed by atoms with van der Waals surface area (Å²) < 4.78 is 30.1. The van der Waals surface area contributed by atoms with Crippen LogP contribution in [0.1, 0.15) is 12.0 Å². The monoisotopic (exact) mass is 574 g/mol. The standard InChI is InChI=1S/C27H30N4O6S.ClH/c1-33-19-8-9-20(34-2)26-24(19)29-27(38-26)31(13-6-12-30-14-11-28-17-30)23(32)10-7-18-15-21(35-3)25(37-5)22(16-18)36-4;/h7-11,14-17H,6,12-13H2,1-5H3;1H/b10-7+;. The molecule has 39 heavy (non-hydrogen) atoms. The zero-order valence-corrected chi connectivity index (χ0v) is 24.0. The highest BCUT2D eigenvalue weighted by Crippen LogP contribution is 2.41. The molecule has 0 N–H and O–H groups in total. The van der Waals surface area contributed by atoms with Gasteiger partial charge in [0, 0.05) is 31.6 Å². The van der Waals surface area contributed by atoms with Crippen LogP contribution < -0.4 is 28.6 Å². The maximum absolute atomic E-state index is 13.6. The Balaban J connectivity index is 0.00000420. The summed E-state index contributed by atoms with van der Waals surface area (Å²) in [4.78, 5) is 24.1. The molecular formula is C27H31ClN4O6S. The van der Waals surface area contributed by atoms with Crippen molar-refractivity contribution in [1.29, 1.82) is 0 Å². The molecule has 4 rings (SSSR count). The Morgan fingerprint density at radius 3 is 2.23 bits per heavy atom. The summed E-state index contributed by atoms with van der Waals surface area (Å²) in [6, 6.07) is 7.20. The fourth-order valence-electron chi connectivity index (χ4n) is 3.98. The van der Waals surface area contributed by atoms with E-state index in [9.17, 15) is 4.79 Å². The van der Waals surface area contributed by atoms with E-state index in [0.29, 0.717) is 58.9 Å². The van der Waals surface area contributed by atoms with Crippen LogP contribution in [-0.2, 0) is 11.3 Å². The number of amides is 1. The van der Waals surface area contributed by atoms with Gasteiger partial charge in [0.05, 0.1) is 41.9 Å². The van der Waals surface area contributed by atoms with Gasteiger partial charge >= 0.3 is 0 Å². The molecule has 0 unspecified atom stereocenters. The number of benzene rings is 2. The van der Waals surface area contributed by atoms with Crippen molar-refractivity contribution in [2.45, 2.75) is 13.0 Å². The third kappa shape index (κ3) is 6.55. The number of aryl methyl sites for hydroxylation is 1. The molecule has 2 heterocycles. The van der Waals surface area contributed by atoms with Crippen molar-refractivity contribution >= 4 is 51.1 Å². The first-order chi connectivity index (χ1) is 18.5. The van der Waals surface area contributed by atoms with Crippen molar-refractivity contribution in [3.05, 3.63) is 54.6 Å². The van der Waals surface area contributed by atoms with Crippen LogP contribution in [0.15, 0.2) is 49.1 Å². The number of ether oxygens (including phenoxy) is 5. The summed E-state index contributed by atoms with van der Waals surface area (Å²) in [6.07, 6.45) is 9.30. The Labute approximate surface area is 237 Å². The molecule has 0 saturated heterocycles. The van der Waals surface area contributed by atoms with E-state index in [1.54, 1.807) is 77.2 Å². The topological polar surface area (TPSA) is 97.2 Å². The largest absolute Gasteiger partial charge is 0.495 e. The molecular weight excluding hydrogens is 544 g/mol. The summed E-state index contributed by atoms with van der Waals surface area (Å²) in [7, 11) is 7.84. The lowest BCUT2D eigenvalue weighted by molar-refractivity contribution is -0.114. The van der Waals surface area contributed by atoms with E-state index in [2.05, 4.69) is 4.98 Å². The van der Waals surface area contributed by atoms with E-state index >= 15 is 0 Å². The molecule has 2 aromatic heterocycles. The lowest BCUT2D eigenvalue weighted by Gasteiger charge is -2.18. The van der Waals surface area contributed by atoms with Crippen molar-refractivity contribution in [3.8, 4) is 28.7 Å². The number of imidazole rings is 1. The zero-order chi connectivity index (χ0) is 27.1. The van der Waals surface area contributed by atoms with Gasteiger partial charge in [-0.05, 0) is 42.3 Å². The maximum Gasteiger partial charge on any atom is 0.252 e. The number of nitrogens with zero attached hydrogens (tertiary/aromatic N) is 4. The number of anilines is 1. The predicted molar refractivity (Wildman–Crippen MR) is 154 cm³/mol. The lowest BCUT2D eigenvalue weighted by Crippen LogP contribution is -2.30. The molecule has 0 bridgehead atoms. The molecule has 0 radical (unpaired) electrons. The van der Waals surface area contributed by atoms with Gasteiger partial charge in [-0.3, -0.25) is 9.69 Å². The van der Waals surface area contributed by atoms with Crippen LogP contribution in [0.3, 0.4) is 0 Å². The van der Waals surface area contributed by atoms with E-state index in [1.807, 2.05) is 16.8 Å². The van der Waals surface area contributed by atoms with E-state index < -0.39 is 0 Å². The minimum absolute atomic E-state index is 0. The maximum atomic E-state index is 13.6. The molecule has 0 aliphatic rings.